The summed E-state index contributed by atoms with van der Waals surface area (Å²) in [4.78, 5) is 25.6. The smallest absolute Gasteiger partial charge is 0.308 e. The number of carbonyl (C=O) groups is 2. The van der Waals surface area contributed by atoms with Crippen molar-refractivity contribution in [2.75, 3.05) is 26.8 Å². The maximum Gasteiger partial charge on any atom is 0.308 e. The minimum Gasteiger partial charge on any atom is -0.483 e. The average molecular weight is 319 g/mol. The minimum atomic E-state index is -0.181. The molecule has 1 amide bonds. The topological polar surface area (TPSA) is 55.8 Å². The number of amides is 1. The summed E-state index contributed by atoms with van der Waals surface area (Å²) < 4.78 is 10.5. The molecule has 5 heteroatoms. The van der Waals surface area contributed by atoms with Gasteiger partial charge in [0.1, 0.15) is 5.75 Å². The van der Waals surface area contributed by atoms with Crippen molar-refractivity contribution in [2.45, 2.75) is 33.6 Å². The van der Waals surface area contributed by atoms with E-state index in [0.29, 0.717) is 25.9 Å². The predicted molar refractivity (Wildman–Crippen MR) is 87.5 cm³/mol. The number of hydrogen-bond donors (Lipinski definition) is 0. The van der Waals surface area contributed by atoms with Crippen LogP contribution < -0.4 is 4.74 Å². The van der Waals surface area contributed by atoms with Crippen molar-refractivity contribution in [2.24, 2.45) is 5.92 Å². The van der Waals surface area contributed by atoms with Gasteiger partial charge in [0.25, 0.3) is 5.91 Å². The van der Waals surface area contributed by atoms with E-state index in [-0.39, 0.29) is 24.4 Å². The van der Waals surface area contributed by atoms with Crippen molar-refractivity contribution >= 4 is 11.9 Å². The minimum absolute atomic E-state index is 0.0337. The van der Waals surface area contributed by atoms with Gasteiger partial charge in [0.2, 0.25) is 0 Å². The number of piperidine rings is 1. The highest BCUT2D eigenvalue weighted by Crippen LogP contribution is 2.26. The first-order valence-corrected chi connectivity index (χ1v) is 7.99. The molecule has 0 aromatic heterocycles. The van der Waals surface area contributed by atoms with Gasteiger partial charge in [0, 0.05) is 13.1 Å². The van der Waals surface area contributed by atoms with Gasteiger partial charge in [-0.15, -0.1) is 0 Å². The average Bonchev–Trinajstić information content (AvgIpc) is 2.57. The summed E-state index contributed by atoms with van der Waals surface area (Å²) >= 11 is 0. The van der Waals surface area contributed by atoms with Crippen LogP contribution in [0.4, 0.5) is 0 Å². The number of carbonyl (C=O) groups excluding carboxylic acids is 2. The zero-order valence-electron chi connectivity index (χ0n) is 14.3. The van der Waals surface area contributed by atoms with Crippen LogP contribution in [0.15, 0.2) is 12.1 Å². The number of esters is 1. The van der Waals surface area contributed by atoms with Gasteiger partial charge < -0.3 is 14.4 Å². The molecule has 23 heavy (non-hydrogen) atoms. The van der Waals surface area contributed by atoms with Crippen LogP contribution in [-0.2, 0) is 14.3 Å². The van der Waals surface area contributed by atoms with Crippen LogP contribution in [0, 0.1) is 26.7 Å². The van der Waals surface area contributed by atoms with E-state index in [1.54, 1.807) is 4.90 Å². The Bertz CT molecular complexity index is 589. The summed E-state index contributed by atoms with van der Waals surface area (Å²) in [5.41, 5.74) is 3.25. The van der Waals surface area contributed by atoms with E-state index >= 15 is 0 Å². The first-order valence-electron chi connectivity index (χ1n) is 7.99. The fraction of sp³-hybridized carbons (Fsp3) is 0.556. The normalized spacial score (nSPS) is 15.4. The first-order chi connectivity index (χ1) is 10.9. The third-order valence-corrected chi connectivity index (χ3v) is 4.60. The van der Waals surface area contributed by atoms with Gasteiger partial charge in [-0.2, -0.15) is 0 Å². The highest BCUT2D eigenvalue weighted by Gasteiger charge is 2.28. The van der Waals surface area contributed by atoms with E-state index in [1.807, 2.05) is 26.8 Å². The molecule has 0 aliphatic carbocycles. The Labute approximate surface area is 137 Å². The van der Waals surface area contributed by atoms with Crippen molar-refractivity contribution in [1.82, 2.24) is 4.90 Å². The molecule has 1 heterocycles. The predicted octanol–water partition coefficient (Wildman–Crippen LogP) is 2.40. The molecule has 0 atom stereocenters. The first kappa shape index (κ1) is 17.3. The van der Waals surface area contributed by atoms with Crippen LogP contribution in [0.1, 0.15) is 29.5 Å². The van der Waals surface area contributed by atoms with Gasteiger partial charge >= 0.3 is 5.97 Å². The molecule has 0 saturated carbocycles. The lowest BCUT2D eigenvalue weighted by Gasteiger charge is -2.30. The molecule has 0 radical (unpaired) electrons. The second-order valence-electron chi connectivity index (χ2n) is 6.12. The molecule has 0 unspecified atom stereocenters. The molecule has 1 aromatic rings. The fourth-order valence-electron chi connectivity index (χ4n) is 2.90. The van der Waals surface area contributed by atoms with Crippen molar-refractivity contribution in [3.8, 4) is 5.75 Å². The third-order valence-electron chi connectivity index (χ3n) is 4.60. The van der Waals surface area contributed by atoms with Gasteiger partial charge in [0.15, 0.2) is 6.61 Å². The van der Waals surface area contributed by atoms with Gasteiger partial charge in [-0.05, 0) is 50.3 Å². The SMILES string of the molecule is COC(=O)C1CCN(C(=O)COc2c(C)ccc(C)c2C)CC1. The number of ether oxygens (including phenoxy) is 2. The summed E-state index contributed by atoms with van der Waals surface area (Å²) in [6.45, 7) is 7.20. The second-order valence-corrected chi connectivity index (χ2v) is 6.12. The molecule has 0 bridgehead atoms. The van der Waals surface area contributed by atoms with Gasteiger partial charge in [-0.25, -0.2) is 0 Å². The Balaban J connectivity index is 1.89. The van der Waals surface area contributed by atoms with Crippen molar-refractivity contribution < 1.29 is 19.1 Å². The summed E-state index contributed by atoms with van der Waals surface area (Å²) in [7, 11) is 1.40. The van der Waals surface area contributed by atoms with Crippen LogP contribution in [0.25, 0.3) is 0 Å². The monoisotopic (exact) mass is 319 g/mol. The molecule has 1 aliphatic rings. The van der Waals surface area contributed by atoms with Gasteiger partial charge in [0.05, 0.1) is 13.0 Å². The Hall–Kier alpha value is -2.04. The molecule has 1 saturated heterocycles. The van der Waals surface area contributed by atoms with Crippen molar-refractivity contribution in [3.05, 3.63) is 28.8 Å². The zero-order valence-corrected chi connectivity index (χ0v) is 14.3. The number of nitrogens with zero attached hydrogens (tertiary/aromatic N) is 1. The fourth-order valence-corrected chi connectivity index (χ4v) is 2.90. The standard InChI is InChI=1S/C18H25NO4/c1-12-5-6-13(2)17(14(12)3)23-11-16(20)19-9-7-15(8-10-19)18(21)22-4/h5-6,15H,7-11H2,1-4H3. The van der Waals surface area contributed by atoms with E-state index in [4.69, 9.17) is 9.47 Å². The molecule has 5 nitrogen and oxygen atoms in total. The number of aryl methyl sites for hydroxylation is 2. The number of benzene rings is 1. The molecule has 1 aromatic carbocycles. The summed E-state index contributed by atoms with van der Waals surface area (Å²) in [6, 6.07) is 4.06. The highest BCUT2D eigenvalue weighted by molar-refractivity contribution is 5.78. The van der Waals surface area contributed by atoms with E-state index in [0.717, 1.165) is 22.4 Å². The van der Waals surface area contributed by atoms with Crippen molar-refractivity contribution in [3.63, 3.8) is 0 Å². The molecule has 1 aliphatic heterocycles. The molecular formula is C18H25NO4. The van der Waals surface area contributed by atoms with E-state index in [9.17, 15) is 9.59 Å². The number of likely N-dealkylation sites (tertiary alicyclic amines) is 1. The number of rotatable bonds is 4. The van der Waals surface area contributed by atoms with Crippen LogP contribution >= 0.6 is 0 Å². The highest BCUT2D eigenvalue weighted by atomic mass is 16.5. The lowest BCUT2D eigenvalue weighted by atomic mass is 9.97. The van der Waals surface area contributed by atoms with E-state index in [1.165, 1.54) is 7.11 Å². The van der Waals surface area contributed by atoms with Crippen LogP contribution in [-0.4, -0.2) is 43.6 Å². The molecular weight excluding hydrogens is 294 g/mol. The summed E-state index contributed by atoms with van der Waals surface area (Å²) in [5, 5.41) is 0. The van der Waals surface area contributed by atoms with Gasteiger partial charge in [-0.1, -0.05) is 12.1 Å². The van der Waals surface area contributed by atoms with Crippen LogP contribution in [0.5, 0.6) is 5.75 Å². The second kappa shape index (κ2) is 7.49. The summed E-state index contributed by atoms with van der Waals surface area (Å²) in [6.07, 6.45) is 1.31. The zero-order chi connectivity index (χ0) is 17.0. The molecule has 126 valence electrons. The number of hydrogen-bond acceptors (Lipinski definition) is 4. The third kappa shape index (κ3) is 4.03. The van der Waals surface area contributed by atoms with Crippen LogP contribution in [0.3, 0.4) is 0 Å². The van der Waals surface area contributed by atoms with Gasteiger partial charge in [-0.3, -0.25) is 9.59 Å². The Kier molecular flexibility index (Phi) is 5.64. The largest absolute Gasteiger partial charge is 0.483 e. The molecule has 2 rings (SSSR count). The van der Waals surface area contributed by atoms with E-state index < -0.39 is 0 Å². The Morgan fingerprint density at radius 3 is 2.35 bits per heavy atom. The Morgan fingerprint density at radius 2 is 1.74 bits per heavy atom. The van der Waals surface area contributed by atoms with Crippen molar-refractivity contribution in [1.29, 1.82) is 0 Å². The quantitative estimate of drug-likeness (QED) is 0.800. The molecule has 0 spiro atoms. The molecule has 1 fully saturated rings. The lowest BCUT2D eigenvalue weighted by Crippen LogP contribution is -2.42. The maximum atomic E-state index is 12.3. The van der Waals surface area contributed by atoms with E-state index in [2.05, 4.69) is 6.07 Å². The maximum absolute atomic E-state index is 12.3. The molecule has 0 N–H and O–H groups in total. The Morgan fingerprint density at radius 1 is 1.13 bits per heavy atom. The lowest BCUT2D eigenvalue weighted by molar-refractivity contribution is -0.149. The summed E-state index contributed by atoms with van der Waals surface area (Å²) in [5.74, 6) is 0.488. The van der Waals surface area contributed by atoms with Crippen LogP contribution in [0.2, 0.25) is 0 Å². The number of methoxy groups -OCH3 is 1.